The lowest BCUT2D eigenvalue weighted by Crippen LogP contribution is -2.33. The average Bonchev–Trinajstić information content (AvgIpc) is 2.84. The van der Waals surface area contributed by atoms with Gasteiger partial charge in [0, 0.05) is 31.7 Å². The molecule has 27 heavy (non-hydrogen) atoms. The summed E-state index contributed by atoms with van der Waals surface area (Å²) in [6.45, 7) is 1.85. The van der Waals surface area contributed by atoms with Crippen molar-refractivity contribution in [1.29, 1.82) is 0 Å². The second kappa shape index (κ2) is 9.32. The fourth-order valence-corrected chi connectivity index (χ4v) is 3.22. The lowest BCUT2D eigenvalue weighted by molar-refractivity contribution is 0.0248. The molecule has 9 heteroatoms. The van der Waals surface area contributed by atoms with Gasteiger partial charge in [0.2, 0.25) is 0 Å². The first-order valence-corrected chi connectivity index (χ1v) is 8.55. The van der Waals surface area contributed by atoms with Gasteiger partial charge in [-0.05, 0) is 29.8 Å². The molecular formula is C18H19Cl2FN2O4. The van der Waals surface area contributed by atoms with Crippen molar-refractivity contribution >= 4 is 30.0 Å². The minimum absolute atomic E-state index is 0. The highest BCUT2D eigenvalue weighted by Gasteiger charge is 2.28. The van der Waals surface area contributed by atoms with E-state index in [4.69, 9.17) is 21.4 Å². The molecule has 0 saturated carbocycles. The van der Waals surface area contributed by atoms with Gasteiger partial charge in [-0.1, -0.05) is 17.7 Å². The normalized spacial score (nSPS) is 19.8. The Morgan fingerprint density at radius 2 is 2.19 bits per heavy atom. The molecule has 146 valence electrons. The first kappa shape index (κ1) is 21.4. The van der Waals surface area contributed by atoms with Crippen LogP contribution in [0.2, 0.25) is 5.02 Å². The summed E-state index contributed by atoms with van der Waals surface area (Å²) >= 11 is 5.76. The number of hydrogen-bond donors (Lipinski definition) is 2. The van der Waals surface area contributed by atoms with Gasteiger partial charge in [0.25, 0.3) is 5.56 Å². The van der Waals surface area contributed by atoms with Crippen molar-refractivity contribution in [2.24, 2.45) is 5.92 Å². The topological polar surface area (TPSA) is 80.6 Å². The largest absolute Gasteiger partial charge is 0.477 e. The maximum absolute atomic E-state index is 13.9. The molecule has 1 aromatic carbocycles. The fraction of sp³-hybridized carbons (Fsp3) is 0.333. The highest BCUT2D eigenvalue weighted by atomic mass is 35.5. The van der Waals surface area contributed by atoms with Crippen molar-refractivity contribution in [2.75, 3.05) is 19.7 Å². The van der Waals surface area contributed by atoms with Gasteiger partial charge in [0.15, 0.2) is 0 Å². The van der Waals surface area contributed by atoms with Crippen LogP contribution in [0.1, 0.15) is 22.0 Å². The molecular weight excluding hydrogens is 398 g/mol. The van der Waals surface area contributed by atoms with Crippen LogP contribution in [0.4, 0.5) is 4.39 Å². The number of ether oxygens (including phenoxy) is 1. The van der Waals surface area contributed by atoms with Gasteiger partial charge in [0.05, 0.1) is 17.7 Å². The van der Waals surface area contributed by atoms with Gasteiger partial charge in [-0.15, -0.1) is 12.4 Å². The van der Waals surface area contributed by atoms with E-state index in [9.17, 15) is 14.0 Å². The molecule has 0 amide bonds. The van der Waals surface area contributed by atoms with Crippen molar-refractivity contribution < 1.29 is 19.0 Å². The highest BCUT2D eigenvalue weighted by molar-refractivity contribution is 6.30. The van der Waals surface area contributed by atoms with Crippen molar-refractivity contribution in [1.82, 2.24) is 9.88 Å². The number of carboxylic acids is 1. The number of nitrogens with zero attached hydrogens (tertiary/aromatic N) is 1. The number of aromatic nitrogens is 1. The molecule has 1 fully saturated rings. The van der Waals surface area contributed by atoms with Crippen molar-refractivity contribution in [3.05, 3.63) is 68.8 Å². The standard InChI is InChI=1S/C18H18ClFN2O4.ClH/c19-14-4-3-11(8-15(14)20)16-12(9-21-5-7-26-16)10-22-6-1-2-13(17(22)23)18(24)25;/h1-4,6,8,12,16,21H,5,7,9-10H2,(H,24,25);1H/t12-,16-;/m1./s1. The van der Waals surface area contributed by atoms with E-state index in [0.717, 1.165) is 0 Å². The zero-order chi connectivity index (χ0) is 18.7. The lowest BCUT2D eigenvalue weighted by atomic mass is 9.95. The number of carboxylic acid groups (broad SMARTS) is 1. The Kier molecular flexibility index (Phi) is 7.38. The molecule has 6 nitrogen and oxygen atoms in total. The summed E-state index contributed by atoms with van der Waals surface area (Å²) in [6.07, 6.45) is 1.09. The maximum atomic E-state index is 13.9. The Morgan fingerprint density at radius 1 is 1.41 bits per heavy atom. The van der Waals surface area contributed by atoms with E-state index in [2.05, 4.69) is 5.32 Å². The molecule has 0 aliphatic carbocycles. The molecule has 1 saturated heterocycles. The summed E-state index contributed by atoms with van der Waals surface area (Å²) in [4.78, 5) is 23.5. The average molecular weight is 417 g/mol. The molecule has 0 radical (unpaired) electrons. The first-order valence-electron chi connectivity index (χ1n) is 8.17. The minimum Gasteiger partial charge on any atom is -0.477 e. The number of nitrogens with one attached hydrogen (secondary N) is 1. The lowest BCUT2D eigenvalue weighted by Gasteiger charge is -2.26. The summed E-state index contributed by atoms with van der Waals surface area (Å²) in [6, 6.07) is 7.30. The van der Waals surface area contributed by atoms with Crippen LogP contribution in [0.5, 0.6) is 0 Å². The second-order valence-electron chi connectivity index (χ2n) is 6.11. The van der Waals surface area contributed by atoms with Crippen LogP contribution in [0.3, 0.4) is 0 Å². The molecule has 0 spiro atoms. The van der Waals surface area contributed by atoms with Crippen molar-refractivity contribution in [3.63, 3.8) is 0 Å². The Labute approximate surface area is 166 Å². The summed E-state index contributed by atoms with van der Waals surface area (Å²) in [5.41, 5.74) is -0.239. The van der Waals surface area contributed by atoms with E-state index in [-0.39, 0.29) is 35.5 Å². The molecule has 3 rings (SSSR count). The third-order valence-electron chi connectivity index (χ3n) is 4.36. The van der Waals surface area contributed by atoms with Crippen LogP contribution in [0.25, 0.3) is 0 Å². The Balaban J connectivity index is 0.00000261. The fourth-order valence-electron chi connectivity index (χ4n) is 3.10. The summed E-state index contributed by atoms with van der Waals surface area (Å²) in [5, 5.41) is 12.4. The number of rotatable bonds is 4. The van der Waals surface area contributed by atoms with E-state index < -0.39 is 23.4 Å². The van der Waals surface area contributed by atoms with Gasteiger partial charge < -0.3 is 19.7 Å². The number of pyridine rings is 1. The van der Waals surface area contributed by atoms with Crippen molar-refractivity contribution in [3.8, 4) is 0 Å². The van der Waals surface area contributed by atoms with E-state index in [0.29, 0.717) is 25.3 Å². The van der Waals surface area contributed by atoms with Crippen molar-refractivity contribution in [2.45, 2.75) is 12.6 Å². The first-order chi connectivity index (χ1) is 12.5. The van der Waals surface area contributed by atoms with Crippen LogP contribution in [0, 0.1) is 11.7 Å². The highest BCUT2D eigenvalue weighted by Crippen LogP contribution is 2.30. The number of aromatic carboxylic acids is 1. The SMILES string of the molecule is Cl.O=C(O)c1cccn(C[C@H]2CNCCO[C@@H]2c2ccc(Cl)c(F)c2)c1=O. The zero-order valence-corrected chi connectivity index (χ0v) is 15.8. The second-order valence-corrected chi connectivity index (χ2v) is 6.52. The van der Waals surface area contributed by atoms with Crippen LogP contribution >= 0.6 is 24.0 Å². The molecule has 1 aromatic heterocycles. The number of hydrogen-bond acceptors (Lipinski definition) is 4. The summed E-state index contributed by atoms with van der Waals surface area (Å²) in [7, 11) is 0. The zero-order valence-electron chi connectivity index (χ0n) is 14.2. The predicted octanol–water partition coefficient (Wildman–Crippen LogP) is 2.74. The van der Waals surface area contributed by atoms with Crippen LogP contribution in [-0.4, -0.2) is 35.3 Å². The van der Waals surface area contributed by atoms with Crippen LogP contribution < -0.4 is 10.9 Å². The molecule has 2 heterocycles. The van der Waals surface area contributed by atoms with Crippen LogP contribution in [-0.2, 0) is 11.3 Å². The summed E-state index contributed by atoms with van der Waals surface area (Å²) in [5.74, 6) is -2.00. The van der Waals surface area contributed by atoms with Gasteiger partial charge in [-0.2, -0.15) is 0 Å². The molecule has 1 aliphatic heterocycles. The molecule has 2 N–H and O–H groups in total. The van der Waals surface area contributed by atoms with Gasteiger partial charge >= 0.3 is 5.97 Å². The summed E-state index contributed by atoms with van der Waals surface area (Å²) < 4.78 is 21.1. The number of carbonyl (C=O) groups is 1. The predicted molar refractivity (Wildman–Crippen MR) is 101 cm³/mol. The quantitative estimate of drug-likeness (QED) is 0.800. The van der Waals surface area contributed by atoms with Gasteiger partial charge in [-0.3, -0.25) is 4.79 Å². The molecule has 0 unspecified atom stereocenters. The van der Waals surface area contributed by atoms with Gasteiger partial charge in [-0.25, -0.2) is 9.18 Å². The minimum atomic E-state index is -1.27. The number of halogens is 3. The van der Waals surface area contributed by atoms with Crippen LogP contribution in [0.15, 0.2) is 41.3 Å². The monoisotopic (exact) mass is 416 g/mol. The third-order valence-corrected chi connectivity index (χ3v) is 4.67. The third kappa shape index (κ3) is 4.87. The van der Waals surface area contributed by atoms with E-state index >= 15 is 0 Å². The molecule has 2 aromatic rings. The molecule has 2 atom stereocenters. The molecule has 0 bridgehead atoms. The Hall–Kier alpha value is -1.93. The Morgan fingerprint density at radius 3 is 2.89 bits per heavy atom. The van der Waals surface area contributed by atoms with E-state index in [1.54, 1.807) is 12.3 Å². The van der Waals surface area contributed by atoms with E-state index in [1.807, 2.05) is 0 Å². The smallest absolute Gasteiger partial charge is 0.341 e. The maximum Gasteiger partial charge on any atom is 0.341 e. The van der Waals surface area contributed by atoms with Gasteiger partial charge in [0.1, 0.15) is 11.4 Å². The van der Waals surface area contributed by atoms with E-state index in [1.165, 1.54) is 28.8 Å². The Bertz CT molecular complexity index is 875. The number of benzene rings is 1. The molecule has 1 aliphatic rings.